The molecule has 0 saturated carbocycles. The molecule has 2 aromatic rings. The number of nitrogens with one attached hydrogen (secondary N) is 1. The number of aromatic nitrogens is 1. The van der Waals surface area contributed by atoms with E-state index >= 15 is 0 Å². The molecule has 0 bridgehead atoms. The van der Waals surface area contributed by atoms with Crippen molar-refractivity contribution in [3.8, 4) is 0 Å². The van der Waals surface area contributed by atoms with Gasteiger partial charge in [0.1, 0.15) is 0 Å². The third-order valence-electron chi connectivity index (χ3n) is 3.70. The van der Waals surface area contributed by atoms with Gasteiger partial charge in [-0.15, -0.1) is 0 Å². The number of morpholine rings is 1. The van der Waals surface area contributed by atoms with Gasteiger partial charge in [0.05, 0.1) is 23.9 Å². The molecule has 3 rings (SSSR count). The molecule has 106 valence electrons. The molecular formula is C16H21N3O. The van der Waals surface area contributed by atoms with Gasteiger partial charge in [-0.2, -0.15) is 0 Å². The Hall–Kier alpha value is -1.49. The molecule has 1 aromatic heterocycles. The van der Waals surface area contributed by atoms with E-state index < -0.39 is 0 Å². The van der Waals surface area contributed by atoms with Gasteiger partial charge in [0.15, 0.2) is 0 Å². The lowest BCUT2D eigenvalue weighted by atomic mass is 10.2. The van der Waals surface area contributed by atoms with Crippen LogP contribution in [0.3, 0.4) is 0 Å². The maximum absolute atomic E-state index is 5.73. The summed E-state index contributed by atoms with van der Waals surface area (Å²) in [6, 6.07) is 12.5. The van der Waals surface area contributed by atoms with Crippen LogP contribution in [-0.2, 0) is 11.3 Å². The predicted molar refractivity (Wildman–Crippen MR) is 80.7 cm³/mol. The average Bonchev–Trinajstić information content (AvgIpc) is 2.48. The number of hydrogen-bond donors (Lipinski definition) is 1. The summed E-state index contributed by atoms with van der Waals surface area (Å²) in [7, 11) is 1.97. The van der Waals surface area contributed by atoms with Gasteiger partial charge in [0.2, 0.25) is 0 Å². The maximum Gasteiger partial charge on any atom is 0.0826 e. The fourth-order valence-electron chi connectivity index (χ4n) is 2.70. The van der Waals surface area contributed by atoms with Crippen molar-refractivity contribution in [3.63, 3.8) is 0 Å². The number of para-hydroxylation sites is 1. The summed E-state index contributed by atoms with van der Waals surface area (Å²) < 4.78 is 5.73. The Morgan fingerprint density at radius 3 is 3.10 bits per heavy atom. The van der Waals surface area contributed by atoms with Crippen molar-refractivity contribution in [1.82, 2.24) is 15.2 Å². The van der Waals surface area contributed by atoms with Crippen molar-refractivity contribution in [2.24, 2.45) is 0 Å². The van der Waals surface area contributed by atoms with Crippen molar-refractivity contribution in [2.45, 2.75) is 12.6 Å². The molecule has 4 nitrogen and oxygen atoms in total. The highest BCUT2D eigenvalue weighted by molar-refractivity contribution is 5.78. The van der Waals surface area contributed by atoms with Crippen molar-refractivity contribution in [1.29, 1.82) is 0 Å². The Labute approximate surface area is 119 Å². The van der Waals surface area contributed by atoms with Gasteiger partial charge < -0.3 is 10.1 Å². The van der Waals surface area contributed by atoms with E-state index in [1.807, 2.05) is 19.2 Å². The highest BCUT2D eigenvalue weighted by Gasteiger charge is 2.20. The summed E-state index contributed by atoms with van der Waals surface area (Å²) in [6.45, 7) is 4.56. The van der Waals surface area contributed by atoms with Gasteiger partial charge in [-0.05, 0) is 19.2 Å². The van der Waals surface area contributed by atoms with Crippen LogP contribution in [-0.4, -0.2) is 49.3 Å². The van der Waals surface area contributed by atoms with Crippen LogP contribution in [0, 0.1) is 0 Å². The van der Waals surface area contributed by atoms with Crippen LogP contribution >= 0.6 is 0 Å². The molecule has 1 fully saturated rings. The van der Waals surface area contributed by atoms with E-state index in [9.17, 15) is 0 Å². The number of likely N-dealkylation sites (N-methyl/N-ethyl adjacent to an activating group) is 1. The summed E-state index contributed by atoms with van der Waals surface area (Å²) in [5.41, 5.74) is 2.21. The second-order valence-corrected chi connectivity index (χ2v) is 5.28. The van der Waals surface area contributed by atoms with Crippen LogP contribution in [0.5, 0.6) is 0 Å². The molecule has 1 atom stereocenters. The molecule has 1 aromatic carbocycles. The molecule has 1 aliphatic heterocycles. The highest BCUT2D eigenvalue weighted by Crippen LogP contribution is 2.14. The first kappa shape index (κ1) is 13.5. The zero-order chi connectivity index (χ0) is 13.8. The lowest BCUT2D eigenvalue weighted by Gasteiger charge is -2.32. The zero-order valence-corrected chi connectivity index (χ0v) is 11.9. The van der Waals surface area contributed by atoms with Gasteiger partial charge in [-0.3, -0.25) is 9.88 Å². The summed E-state index contributed by atoms with van der Waals surface area (Å²) in [4.78, 5) is 7.16. The van der Waals surface area contributed by atoms with Gasteiger partial charge in [0, 0.05) is 31.6 Å². The molecule has 1 saturated heterocycles. The minimum atomic E-state index is 0.286. The van der Waals surface area contributed by atoms with Crippen LogP contribution in [0.4, 0.5) is 0 Å². The highest BCUT2D eigenvalue weighted by atomic mass is 16.5. The first-order valence-electron chi connectivity index (χ1n) is 7.18. The number of benzene rings is 1. The summed E-state index contributed by atoms with van der Waals surface area (Å²) >= 11 is 0. The Balaban J connectivity index is 1.69. The monoisotopic (exact) mass is 271 g/mol. The van der Waals surface area contributed by atoms with Crippen LogP contribution in [0.25, 0.3) is 10.9 Å². The summed E-state index contributed by atoms with van der Waals surface area (Å²) in [5.74, 6) is 0. The quantitative estimate of drug-likeness (QED) is 0.917. The predicted octanol–water partition coefficient (Wildman–Crippen LogP) is 1.65. The van der Waals surface area contributed by atoms with Crippen molar-refractivity contribution < 1.29 is 4.74 Å². The second kappa shape index (κ2) is 6.31. The fraction of sp³-hybridized carbons (Fsp3) is 0.438. The smallest absolute Gasteiger partial charge is 0.0826 e. The topological polar surface area (TPSA) is 37.4 Å². The largest absolute Gasteiger partial charge is 0.374 e. The van der Waals surface area contributed by atoms with Crippen LogP contribution < -0.4 is 5.32 Å². The second-order valence-electron chi connectivity index (χ2n) is 5.28. The Morgan fingerprint density at radius 1 is 1.30 bits per heavy atom. The summed E-state index contributed by atoms with van der Waals surface area (Å²) in [5, 5.41) is 4.38. The number of hydrogen-bond acceptors (Lipinski definition) is 4. The minimum Gasteiger partial charge on any atom is -0.374 e. The molecule has 0 radical (unpaired) electrons. The third-order valence-corrected chi connectivity index (χ3v) is 3.70. The first-order chi connectivity index (χ1) is 9.85. The Kier molecular flexibility index (Phi) is 4.25. The van der Waals surface area contributed by atoms with Gasteiger partial charge in [0.25, 0.3) is 0 Å². The molecule has 1 aliphatic rings. The molecule has 0 amide bonds. The lowest BCUT2D eigenvalue weighted by Crippen LogP contribution is -2.45. The van der Waals surface area contributed by atoms with E-state index in [1.54, 1.807) is 0 Å². The minimum absolute atomic E-state index is 0.286. The normalized spacial score (nSPS) is 20.4. The fourth-order valence-corrected chi connectivity index (χ4v) is 2.70. The van der Waals surface area contributed by atoms with Crippen LogP contribution in [0.15, 0.2) is 36.4 Å². The zero-order valence-electron chi connectivity index (χ0n) is 11.9. The number of nitrogens with zero attached hydrogens (tertiary/aromatic N) is 2. The van der Waals surface area contributed by atoms with E-state index in [-0.39, 0.29) is 6.10 Å². The molecule has 20 heavy (non-hydrogen) atoms. The molecular weight excluding hydrogens is 250 g/mol. The van der Waals surface area contributed by atoms with E-state index in [0.717, 1.165) is 44.0 Å². The molecule has 4 heteroatoms. The number of pyridine rings is 1. The summed E-state index contributed by atoms with van der Waals surface area (Å²) in [6.07, 6.45) is 0.286. The number of rotatable bonds is 4. The third kappa shape index (κ3) is 3.15. The standard InChI is InChI=1S/C16H21N3O/c1-17-10-15-12-19(8-9-20-15)11-14-7-6-13-4-2-3-5-16(13)18-14/h2-7,15,17H,8-12H2,1H3. The lowest BCUT2D eigenvalue weighted by molar-refractivity contribution is -0.0294. The molecule has 2 heterocycles. The number of ether oxygens (including phenoxy) is 1. The maximum atomic E-state index is 5.73. The van der Waals surface area contributed by atoms with Gasteiger partial charge in [-0.25, -0.2) is 0 Å². The first-order valence-corrected chi connectivity index (χ1v) is 7.18. The van der Waals surface area contributed by atoms with Crippen molar-refractivity contribution >= 4 is 10.9 Å². The average molecular weight is 271 g/mol. The van der Waals surface area contributed by atoms with E-state index in [1.165, 1.54) is 5.39 Å². The van der Waals surface area contributed by atoms with Crippen LogP contribution in [0.2, 0.25) is 0 Å². The van der Waals surface area contributed by atoms with E-state index in [4.69, 9.17) is 9.72 Å². The van der Waals surface area contributed by atoms with Gasteiger partial charge >= 0.3 is 0 Å². The number of fused-ring (bicyclic) bond motifs is 1. The Bertz CT molecular complexity index is 570. The van der Waals surface area contributed by atoms with Gasteiger partial charge in [-0.1, -0.05) is 24.3 Å². The van der Waals surface area contributed by atoms with Crippen LogP contribution in [0.1, 0.15) is 5.69 Å². The van der Waals surface area contributed by atoms with Crippen molar-refractivity contribution in [3.05, 3.63) is 42.1 Å². The SMILES string of the molecule is CNCC1CN(Cc2ccc3ccccc3n2)CCO1. The van der Waals surface area contributed by atoms with E-state index in [0.29, 0.717) is 0 Å². The molecule has 0 spiro atoms. The van der Waals surface area contributed by atoms with E-state index in [2.05, 4.69) is 34.5 Å². The molecule has 0 aliphatic carbocycles. The Morgan fingerprint density at radius 2 is 2.20 bits per heavy atom. The molecule has 1 N–H and O–H groups in total. The van der Waals surface area contributed by atoms with Crippen molar-refractivity contribution in [2.75, 3.05) is 33.3 Å². The molecule has 1 unspecified atom stereocenters.